The maximum absolute atomic E-state index is 5.51. The Labute approximate surface area is 195 Å². The van der Waals surface area contributed by atoms with E-state index >= 15 is 0 Å². The second-order valence-electron chi connectivity index (χ2n) is 7.33. The zero-order valence-electron chi connectivity index (χ0n) is 18.3. The largest absolute Gasteiger partial charge is 0.497 e. The van der Waals surface area contributed by atoms with E-state index in [9.17, 15) is 0 Å². The normalized spacial score (nSPS) is 11.5. The van der Waals surface area contributed by atoms with Crippen molar-refractivity contribution in [1.29, 1.82) is 0 Å². The Morgan fingerprint density at radius 1 is 0.818 bits per heavy atom. The fraction of sp³-hybridized carbons (Fsp3) is 0.115. The van der Waals surface area contributed by atoms with Crippen molar-refractivity contribution in [3.63, 3.8) is 0 Å². The summed E-state index contributed by atoms with van der Waals surface area (Å²) in [5, 5.41) is 0.840. The molecule has 164 valence electrons. The second kappa shape index (κ2) is 9.34. The van der Waals surface area contributed by atoms with E-state index in [1.165, 1.54) is 0 Å². The molecule has 0 amide bonds. The van der Waals surface area contributed by atoms with Crippen LogP contribution in [0.15, 0.2) is 71.8 Å². The molecule has 5 rings (SSSR count). The summed E-state index contributed by atoms with van der Waals surface area (Å²) < 4.78 is 10.9. The molecule has 0 fully saturated rings. The molecule has 5 aromatic rings. The number of imidazole rings is 1. The number of methoxy groups -OCH3 is 2. The molecular formula is C26H22N4O2S. The summed E-state index contributed by atoms with van der Waals surface area (Å²) in [5.41, 5.74) is 5.40. The average Bonchev–Trinajstić information content (AvgIpc) is 3.28. The van der Waals surface area contributed by atoms with Crippen molar-refractivity contribution in [1.82, 2.24) is 19.9 Å². The maximum atomic E-state index is 5.51. The van der Waals surface area contributed by atoms with Gasteiger partial charge >= 0.3 is 0 Å². The van der Waals surface area contributed by atoms with Gasteiger partial charge in [-0.25, -0.2) is 15.0 Å². The molecule has 0 radical (unpaired) electrons. The van der Waals surface area contributed by atoms with E-state index < -0.39 is 0 Å². The van der Waals surface area contributed by atoms with Crippen molar-refractivity contribution in [3.8, 4) is 11.5 Å². The fourth-order valence-electron chi connectivity index (χ4n) is 3.56. The van der Waals surface area contributed by atoms with Crippen LogP contribution in [0.3, 0.4) is 0 Å². The number of H-pyrrole nitrogens is 1. The summed E-state index contributed by atoms with van der Waals surface area (Å²) in [4.78, 5) is 17.8. The van der Waals surface area contributed by atoms with Gasteiger partial charge in [-0.2, -0.15) is 0 Å². The summed E-state index contributed by atoms with van der Waals surface area (Å²) in [6, 6.07) is 21.6. The molecule has 1 N–H and O–H groups in total. The number of nitrogens with one attached hydrogen (secondary N) is 1. The van der Waals surface area contributed by atoms with Gasteiger partial charge in [-0.1, -0.05) is 36.0 Å². The highest BCUT2D eigenvalue weighted by Crippen LogP contribution is 2.29. The number of nitrogens with zero attached hydrogens (tertiary/aromatic N) is 3. The van der Waals surface area contributed by atoms with Gasteiger partial charge in [0.1, 0.15) is 22.3 Å². The molecule has 0 aliphatic heterocycles. The number of para-hydroxylation sites is 4. The van der Waals surface area contributed by atoms with Crippen LogP contribution in [0.2, 0.25) is 0 Å². The number of rotatable bonds is 7. The molecule has 33 heavy (non-hydrogen) atoms. The summed E-state index contributed by atoms with van der Waals surface area (Å²) >= 11 is 1.61. The number of hydrogen-bond donors (Lipinski definition) is 1. The molecule has 0 aliphatic rings. The highest BCUT2D eigenvalue weighted by atomic mass is 32.2. The molecule has 2 aromatic heterocycles. The lowest BCUT2D eigenvalue weighted by molar-refractivity contribution is 0.402. The first-order valence-corrected chi connectivity index (χ1v) is 11.5. The molecule has 0 aliphatic carbocycles. The lowest BCUT2D eigenvalue weighted by Crippen LogP contribution is -1.95. The van der Waals surface area contributed by atoms with Crippen molar-refractivity contribution in [2.24, 2.45) is 0 Å². The number of aromatic nitrogens is 4. The summed E-state index contributed by atoms with van der Waals surface area (Å²) in [6.45, 7) is 0. The minimum absolute atomic E-state index is 0.658. The lowest BCUT2D eigenvalue weighted by Gasteiger charge is -2.08. The van der Waals surface area contributed by atoms with Gasteiger partial charge in [-0.05, 0) is 54.6 Å². The summed E-state index contributed by atoms with van der Waals surface area (Å²) in [6.07, 6.45) is 3.95. The first-order chi connectivity index (χ1) is 16.2. The van der Waals surface area contributed by atoms with Gasteiger partial charge in [-0.15, -0.1) is 0 Å². The van der Waals surface area contributed by atoms with Gasteiger partial charge in [0.25, 0.3) is 0 Å². The highest BCUT2D eigenvalue weighted by molar-refractivity contribution is 7.98. The van der Waals surface area contributed by atoms with Crippen LogP contribution < -0.4 is 9.47 Å². The van der Waals surface area contributed by atoms with Crippen molar-refractivity contribution in [2.45, 2.75) is 10.8 Å². The first kappa shape index (κ1) is 21.0. The molecule has 0 atom stereocenters. The third-order valence-electron chi connectivity index (χ3n) is 5.21. The Morgan fingerprint density at radius 3 is 2.33 bits per heavy atom. The number of fused-ring (bicyclic) bond motifs is 2. The van der Waals surface area contributed by atoms with Crippen LogP contribution >= 0.6 is 11.8 Å². The van der Waals surface area contributed by atoms with E-state index in [4.69, 9.17) is 19.4 Å². The Morgan fingerprint density at radius 2 is 1.58 bits per heavy atom. The first-order valence-electron chi connectivity index (χ1n) is 10.5. The molecule has 0 saturated heterocycles. The van der Waals surface area contributed by atoms with Crippen LogP contribution in [0.25, 0.3) is 34.2 Å². The van der Waals surface area contributed by atoms with Gasteiger partial charge in [0, 0.05) is 5.56 Å². The average molecular weight is 455 g/mol. The van der Waals surface area contributed by atoms with Crippen molar-refractivity contribution < 1.29 is 9.47 Å². The van der Waals surface area contributed by atoms with E-state index in [0.717, 1.165) is 55.7 Å². The third-order valence-corrected chi connectivity index (χ3v) is 6.20. The van der Waals surface area contributed by atoms with Gasteiger partial charge in [0.15, 0.2) is 0 Å². The van der Waals surface area contributed by atoms with Crippen molar-refractivity contribution in [2.75, 3.05) is 14.2 Å². The van der Waals surface area contributed by atoms with Gasteiger partial charge in [0.05, 0.1) is 47.7 Å². The monoisotopic (exact) mass is 454 g/mol. The molecule has 0 spiro atoms. The van der Waals surface area contributed by atoms with Crippen LogP contribution in [0.4, 0.5) is 0 Å². The number of hydrogen-bond acceptors (Lipinski definition) is 6. The molecular weight excluding hydrogens is 432 g/mol. The van der Waals surface area contributed by atoms with Crippen LogP contribution in [0, 0.1) is 0 Å². The predicted octanol–water partition coefficient (Wildman–Crippen LogP) is 5.99. The quantitative estimate of drug-likeness (QED) is 0.305. The predicted molar refractivity (Wildman–Crippen MR) is 134 cm³/mol. The number of benzene rings is 3. The second-order valence-corrected chi connectivity index (χ2v) is 8.30. The fourth-order valence-corrected chi connectivity index (χ4v) is 4.40. The number of thioether (sulfide) groups is 1. The van der Waals surface area contributed by atoms with Crippen LogP contribution in [0.5, 0.6) is 11.5 Å². The van der Waals surface area contributed by atoms with Crippen LogP contribution in [-0.4, -0.2) is 34.2 Å². The Kier molecular flexibility index (Phi) is 5.95. The van der Waals surface area contributed by atoms with Crippen molar-refractivity contribution in [3.05, 3.63) is 83.8 Å². The third kappa shape index (κ3) is 4.54. The van der Waals surface area contributed by atoms with Crippen LogP contribution in [0.1, 0.15) is 17.1 Å². The van der Waals surface area contributed by atoms with Gasteiger partial charge < -0.3 is 14.5 Å². The standard InChI is InChI=1S/C26H22N4O2S/c1-31-18-12-14-24(32-2)17(15-18)11-13-23-26(30-22-10-6-3-7-19(22)27-23)33-16-25-28-20-8-4-5-9-21(20)29-25/h3-15H,16H2,1-2H3,(H,28,29)/b13-11+. The SMILES string of the molecule is COc1ccc(OC)c(/C=C/c2nc3ccccc3nc2SCc2nc3ccccc3[nH]2)c1. The Hall–Kier alpha value is -3.84. The van der Waals surface area contributed by atoms with Crippen molar-refractivity contribution >= 4 is 46.0 Å². The summed E-state index contributed by atoms with van der Waals surface area (Å²) in [5.74, 6) is 3.09. The van der Waals surface area contributed by atoms with E-state index in [-0.39, 0.29) is 0 Å². The number of aromatic amines is 1. The molecule has 2 heterocycles. The minimum Gasteiger partial charge on any atom is -0.497 e. The number of ether oxygens (including phenoxy) is 2. The molecule has 3 aromatic carbocycles. The molecule has 0 unspecified atom stereocenters. The Balaban J connectivity index is 1.49. The smallest absolute Gasteiger partial charge is 0.126 e. The van der Waals surface area contributed by atoms with E-state index in [0.29, 0.717) is 5.75 Å². The lowest BCUT2D eigenvalue weighted by atomic mass is 10.1. The molecule has 0 saturated carbocycles. The van der Waals surface area contributed by atoms with E-state index in [2.05, 4.69) is 9.97 Å². The Bertz CT molecular complexity index is 1430. The van der Waals surface area contributed by atoms with E-state index in [1.807, 2.05) is 78.9 Å². The maximum Gasteiger partial charge on any atom is 0.126 e. The van der Waals surface area contributed by atoms with Gasteiger partial charge in [-0.3, -0.25) is 0 Å². The van der Waals surface area contributed by atoms with E-state index in [1.54, 1.807) is 26.0 Å². The topological polar surface area (TPSA) is 72.9 Å². The molecule has 6 nitrogen and oxygen atoms in total. The zero-order chi connectivity index (χ0) is 22.6. The minimum atomic E-state index is 0.658. The van der Waals surface area contributed by atoms with Crippen LogP contribution in [-0.2, 0) is 5.75 Å². The zero-order valence-corrected chi connectivity index (χ0v) is 19.1. The van der Waals surface area contributed by atoms with Gasteiger partial charge in [0.2, 0.25) is 0 Å². The molecule has 0 bridgehead atoms. The highest BCUT2D eigenvalue weighted by Gasteiger charge is 2.11. The molecule has 7 heteroatoms. The summed E-state index contributed by atoms with van der Waals surface area (Å²) in [7, 11) is 3.31.